The van der Waals surface area contributed by atoms with Gasteiger partial charge in [0.25, 0.3) is 0 Å². The van der Waals surface area contributed by atoms with Crippen molar-refractivity contribution < 1.29 is 23.9 Å². The molecule has 0 amide bonds. The van der Waals surface area contributed by atoms with E-state index in [9.17, 15) is 14.7 Å². The molecule has 0 saturated heterocycles. The van der Waals surface area contributed by atoms with E-state index < -0.39 is 5.97 Å². The predicted octanol–water partition coefficient (Wildman–Crippen LogP) is -0.844. The van der Waals surface area contributed by atoms with Crippen LogP contribution in [-0.2, 0) is 14.3 Å². The topological polar surface area (TPSA) is 66.4 Å². The predicted molar refractivity (Wildman–Crippen MR) is 52.7 cm³/mol. The van der Waals surface area contributed by atoms with E-state index >= 15 is 0 Å². The van der Waals surface area contributed by atoms with Crippen LogP contribution in [0.4, 0.5) is 0 Å². The van der Waals surface area contributed by atoms with E-state index in [-0.39, 0.29) is 25.2 Å². The van der Waals surface area contributed by atoms with Gasteiger partial charge in [-0.2, -0.15) is 0 Å². The molecule has 5 nitrogen and oxygen atoms in total. The number of rotatable bonds is 7. The molecule has 0 aromatic rings. The first-order valence-corrected chi connectivity index (χ1v) is 4.97. The molecule has 0 rings (SSSR count). The Kier molecular flexibility index (Phi) is 5.93. The SMILES string of the molecule is C[N+](C)(C)CCOC(=O)CCCC(=O)[O-]. The smallest absolute Gasteiger partial charge is 0.306 e. The number of quaternary nitrogens is 1. The number of esters is 1. The third-order valence-electron chi connectivity index (χ3n) is 1.79. The molecule has 0 aromatic carbocycles. The number of likely N-dealkylation sites (N-methyl/N-ethyl adjacent to an activating group) is 1. The van der Waals surface area contributed by atoms with E-state index in [1.165, 1.54) is 0 Å². The molecule has 0 spiro atoms. The first-order valence-electron chi connectivity index (χ1n) is 4.97. The minimum Gasteiger partial charge on any atom is -0.550 e. The van der Waals surface area contributed by atoms with Gasteiger partial charge in [-0.1, -0.05) is 0 Å². The highest BCUT2D eigenvalue weighted by atomic mass is 16.5. The van der Waals surface area contributed by atoms with Crippen LogP contribution in [-0.4, -0.2) is 50.7 Å². The highest BCUT2D eigenvalue weighted by Gasteiger charge is 2.08. The van der Waals surface area contributed by atoms with E-state index in [0.717, 1.165) is 11.0 Å². The maximum atomic E-state index is 11.1. The van der Waals surface area contributed by atoms with Gasteiger partial charge in [-0.25, -0.2) is 0 Å². The van der Waals surface area contributed by atoms with Crippen LogP contribution >= 0.6 is 0 Å². The summed E-state index contributed by atoms with van der Waals surface area (Å²) in [4.78, 5) is 21.1. The third-order valence-corrected chi connectivity index (χ3v) is 1.79. The van der Waals surface area contributed by atoms with Crippen molar-refractivity contribution in [2.45, 2.75) is 19.3 Å². The summed E-state index contributed by atoms with van der Waals surface area (Å²) in [5, 5.41) is 10.1. The first-order chi connectivity index (χ1) is 6.81. The van der Waals surface area contributed by atoms with Gasteiger partial charge in [-0.05, 0) is 12.8 Å². The van der Waals surface area contributed by atoms with E-state index in [1.54, 1.807) is 0 Å². The van der Waals surface area contributed by atoms with Gasteiger partial charge in [0, 0.05) is 12.4 Å². The van der Waals surface area contributed by atoms with Crippen LogP contribution in [0.3, 0.4) is 0 Å². The first kappa shape index (κ1) is 13.9. The lowest BCUT2D eigenvalue weighted by Crippen LogP contribution is -2.38. The molecule has 0 bridgehead atoms. The van der Waals surface area contributed by atoms with Gasteiger partial charge in [0.2, 0.25) is 0 Å². The Morgan fingerprint density at radius 2 is 1.80 bits per heavy atom. The van der Waals surface area contributed by atoms with Crippen molar-refractivity contribution in [1.29, 1.82) is 0 Å². The summed E-state index contributed by atoms with van der Waals surface area (Å²) in [5.74, 6) is -1.47. The summed E-state index contributed by atoms with van der Waals surface area (Å²) in [7, 11) is 6.01. The lowest BCUT2D eigenvalue weighted by molar-refractivity contribution is -0.870. The molecule has 0 aliphatic carbocycles. The molecule has 0 saturated carbocycles. The van der Waals surface area contributed by atoms with Crippen LogP contribution in [0.15, 0.2) is 0 Å². The Morgan fingerprint density at radius 3 is 2.27 bits per heavy atom. The summed E-state index contributed by atoms with van der Waals surface area (Å²) >= 11 is 0. The zero-order valence-corrected chi connectivity index (χ0v) is 9.62. The van der Waals surface area contributed by atoms with Crippen molar-refractivity contribution in [2.24, 2.45) is 0 Å². The molecule has 0 atom stereocenters. The Morgan fingerprint density at radius 1 is 1.20 bits per heavy atom. The fraction of sp³-hybridized carbons (Fsp3) is 0.800. The number of hydrogen-bond acceptors (Lipinski definition) is 4. The van der Waals surface area contributed by atoms with E-state index in [1.807, 2.05) is 21.1 Å². The second-order valence-electron chi connectivity index (χ2n) is 4.46. The fourth-order valence-electron chi connectivity index (χ4n) is 0.883. The molecule has 0 aliphatic rings. The monoisotopic (exact) mass is 217 g/mol. The summed E-state index contributed by atoms with van der Waals surface area (Å²) in [6.07, 6.45) is 0.334. The van der Waals surface area contributed by atoms with Crippen molar-refractivity contribution >= 4 is 11.9 Å². The Labute approximate surface area is 90.2 Å². The van der Waals surface area contributed by atoms with Gasteiger partial charge >= 0.3 is 5.97 Å². The highest BCUT2D eigenvalue weighted by molar-refractivity contribution is 5.70. The van der Waals surface area contributed by atoms with E-state index in [4.69, 9.17) is 4.74 Å². The molecule has 0 radical (unpaired) electrons. The number of ether oxygens (including phenoxy) is 1. The normalized spacial score (nSPS) is 11.1. The molecule has 5 heteroatoms. The van der Waals surface area contributed by atoms with Crippen LogP contribution in [0.1, 0.15) is 19.3 Å². The van der Waals surface area contributed by atoms with Crippen LogP contribution in [0.2, 0.25) is 0 Å². The quantitative estimate of drug-likeness (QED) is 0.412. The molecular weight excluding hydrogens is 198 g/mol. The molecule has 0 heterocycles. The highest BCUT2D eigenvalue weighted by Crippen LogP contribution is 1.97. The van der Waals surface area contributed by atoms with Gasteiger partial charge in [0.1, 0.15) is 13.2 Å². The van der Waals surface area contributed by atoms with E-state index in [2.05, 4.69) is 0 Å². The second-order valence-corrected chi connectivity index (χ2v) is 4.46. The van der Waals surface area contributed by atoms with Crippen molar-refractivity contribution in [3.8, 4) is 0 Å². The molecule has 88 valence electrons. The molecule has 15 heavy (non-hydrogen) atoms. The summed E-state index contributed by atoms with van der Waals surface area (Å²) in [6, 6.07) is 0. The second kappa shape index (κ2) is 6.40. The summed E-state index contributed by atoms with van der Waals surface area (Å²) in [5.41, 5.74) is 0. The lowest BCUT2D eigenvalue weighted by Gasteiger charge is -2.23. The van der Waals surface area contributed by atoms with Crippen LogP contribution in [0.25, 0.3) is 0 Å². The summed E-state index contributed by atoms with van der Waals surface area (Å²) in [6.45, 7) is 1.11. The van der Waals surface area contributed by atoms with Crippen LogP contribution in [0.5, 0.6) is 0 Å². The maximum Gasteiger partial charge on any atom is 0.306 e. The number of carboxylic acids is 1. The Bertz CT molecular complexity index is 220. The average molecular weight is 217 g/mol. The number of nitrogens with zero attached hydrogens (tertiary/aromatic N) is 1. The number of hydrogen-bond donors (Lipinski definition) is 0. The number of carbonyl (C=O) groups excluding carboxylic acids is 2. The standard InChI is InChI=1S/C10H19NO4/c1-11(2,3)7-8-15-10(14)6-4-5-9(12)13/h4-8H2,1-3H3. The lowest BCUT2D eigenvalue weighted by atomic mass is 10.2. The van der Waals surface area contributed by atoms with Crippen LogP contribution < -0.4 is 5.11 Å². The number of aliphatic carboxylic acids is 1. The molecule has 0 unspecified atom stereocenters. The maximum absolute atomic E-state index is 11.1. The molecular formula is C10H19NO4. The van der Waals surface area contributed by atoms with Crippen molar-refractivity contribution in [3.63, 3.8) is 0 Å². The molecule has 0 aromatic heterocycles. The Hall–Kier alpha value is -1.10. The Balaban J connectivity index is 3.46. The number of carboxylic acid groups (broad SMARTS) is 1. The fourth-order valence-corrected chi connectivity index (χ4v) is 0.883. The van der Waals surface area contributed by atoms with E-state index in [0.29, 0.717) is 6.61 Å². The van der Waals surface area contributed by atoms with Gasteiger partial charge in [0.05, 0.1) is 21.1 Å². The van der Waals surface area contributed by atoms with Crippen molar-refractivity contribution in [3.05, 3.63) is 0 Å². The third kappa shape index (κ3) is 10.8. The molecule has 0 fully saturated rings. The van der Waals surface area contributed by atoms with Crippen molar-refractivity contribution in [2.75, 3.05) is 34.3 Å². The van der Waals surface area contributed by atoms with Gasteiger partial charge in [0.15, 0.2) is 0 Å². The average Bonchev–Trinajstić information content (AvgIpc) is 2.00. The minimum atomic E-state index is -1.13. The van der Waals surface area contributed by atoms with Gasteiger partial charge in [-0.3, -0.25) is 4.79 Å². The molecule has 0 N–H and O–H groups in total. The number of carbonyl (C=O) groups is 2. The van der Waals surface area contributed by atoms with Gasteiger partial charge < -0.3 is 19.1 Å². The largest absolute Gasteiger partial charge is 0.550 e. The zero-order chi connectivity index (χ0) is 11.9. The van der Waals surface area contributed by atoms with Gasteiger partial charge in [-0.15, -0.1) is 0 Å². The summed E-state index contributed by atoms with van der Waals surface area (Å²) < 4.78 is 5.66. The minimum absolute atomic E-state index is 0.0928. The molecule has 0 aliphatic heterocycles. The van der Waals surface area contributed by atoms with Crippen LogP contribution in [0, 0.1) is 0 Å². The zero-order valence-electron chi connectivity index (χ0n) is 9.62. The van der Waals surface area contributed by atoms with Crippen molar-refractivity contribution in [1.82, 2.24) is 0 Å².